The molecule has 0 radical (unpaired) electrons. The molecule has 0 aliphatic heterocycles. The van der Waals surface area contributed by atoms with Crippen molar-refractivity contribution in [1.82, 2.24) is 0 Å². The standard InChI is InChI=1S/C33H27N2O3/c1-2-29(33(36)28-20-12-13-21-30(28)35(37)38)34-31(25-16-8-4-9-17-25)22-27(24-14-6-3-7-15-24)23-32(34)26-18-10-5-11-19-26/h2-23,29,33,36H,1H2/q+1. The number of pyridine rings is 1. The van der Waals surface area contributed by atoms with Crippen LogP contribution < -0.4 is 4.57 Å². The zero-order valence-corrected chi connectivity index (χ0v) is 20.7. The number of hydrogen-bond acceptors (Lipinski definition) is 3. The van der Waals surface area contributed by atoms with E-state index in [-0.39, 0.29) is 11.3 Å². The van der Waals surface area contributed by atoms with Crippen LogP contribution in [0.2, 0.25) is 0 Å². The molecule has 5 heteroatoms. The van der Waals surface area contributed by atoms with E-state index in [9.17, 15) is 15.2 Å². The Kier molecular flexibility index (Phi) is 7.20. The Morgan fingerprint density at radius 2 is 1.13 bits per heavy atom. The van der Waals surface area contributed by atoms with Gasteiger partial charge in [-0.3, -0.25) is 10.1 Å². The predicted octanol–water partition coefficient (Wildman–Crippen LogP) is 7.34. The lowest BCUT2D eigenvalue weighted by molar-refractivity contribution is -0.700. The molecule has 0 bridgehead atoms. The summed E-state index contributed by atoms with van der Waals surface area (Å²) in [6.07, 6.45) is 0.439. The summed E-state index contributed by atoms with van der Waals surface area (Å²) in [7, 11) is 0. The number of hydrogen-bond donors (Lipinski definition) is 1. The molecule has 0 aliphatic carbocycles. The van der Waals surface area contributed by atoms with Crippen molar-refractivity contribution in [3.05, 3.63) is 156 Å². The van der Waals surface area contributed by atoms with Gasteiger partial charge in [0.25, 0.3) is 5.69 Å². The number of para-hydroxylation sites is 1. The van der Waals surface area contributed by atoms with Gasteiger partial charge in [0.2, 0.25) is 17.4 Å². The van der Waals surface area contributed by atoms with Gasteiger partial charge in [0, 0.05) is 29.3 Å². The van der Waals surface area contributed by atoms with Gasteiger partial charge in [-0.2, -0.15) is 4.57 Å². The minimum atomic E-state index is -1.22. The molecular formula is C33H27N2O3+. The second kappa shape index (κ2) is 11.0. The second-order valence-electron chi connectivity index (χ2n) is 8.97. The number of aromatic nitrogens is 1. The van der Waals surface area contributed by atoms with E-state index >= 15 is 0 Å². The van der Waals surface area contributed by atoms with Crippen LogP contribution >= 0.6 is 0 Å². The minimum Gasteiger partial charge on any atom is -0.381 e. The van der Waals surface area contributed by atoms with Crippen LogP contribution in [-0.4, -0.2) is 10.0 Å². The number of aliphatic hydroxyl groups is 1. The summed E-state index contributed by atoms with van der Waals surface area (Å²) in [5.74, 6) is 0. The summed E-state index contributed by atoms with van der Waals surface area (Å²) in [6.45, 7) is 4.06. The third-order valence-corrected chi connectivity index (χ3v) is 6.66. The highest BCUT2D eigenvalue weighted by Gasteiger charge is 2.36. The van der Waals surface area contributed by atoms with Crippen LogP contribution in [0, 0.1) is 10.1 Å². The SMILES string of the molecule is C=CC(C(O)c1ccccc1[N+](=O)[O-])[n+]1c(-c2ccccc2)cc(-c2ccccc2)cc1-c1ccccc1. The molecule has 1 aromatic heterocycles. The molecule has 0 aliphatic rings. The highest BCUT2D eigenvalue weighted by atomic mass is 16.6. The fourth-order valence-electron chi connectivity index (χ4n) is 4.85. The van der Waals surface area contributed by atoms with Gasteiger partial charge in [-0.15, -0.1) is 0 Å². The number of rotatable bonds is 8. The van der Waals surface area contributed by atoms with Crippen LogP contribution in [0.5, 0.6) is 0 Å². The van der Waals surface area contributed by atoms with E-state index in [4.69, 9.17) is 0 Å². The monoisotopic (exact) mass is 499 g/mol. The molecule has 0 amide bonds. The lowest BCUT2D eigenvalue weighted by atomic mass is 9.95. The van der Waals surface area contributed by atoms with E-state index < -0.39 is 17.1 Å². The normalized spacial score (nSPS) is 12.4. The van der Waals surface area contributed by atoms with Crippen LogP contribution in [-0.2, 0) is 0 Å². The Balaban J connectivity index is 1.82. The summed E-state index contributed by atoms with van der Waals surface area (Å²) in [5.41, 5.74) is 5.79. The van der Waals surface area contributed by atoms with Crippen molar-refractivity contribution in [1.29, 1.82) is 0 Å². The van der Waals surface area contributed by atoms with Crippen molar-refractivity contribution in [3.8, 4) is 33.6 Å². The molecule has 0 saturated carbocycles. The van der Waals surface area contributed by atoms with E-state index in [1.807, 2.05) is 83.4 Å². The third kappa shape index (κ3) is 4.88. The summed E-state index contributed by atoms with van der Waals surface area (Å²) in [6, 6.07) is 39.8. The molecule has 0 spiro atoms. The van der Waals surface area contributed by atoms with Gasteiger partial charge in [0.15, 0.2) is 6.10 Å². The minimum absolute atomic E-state index is 0.129. The largest absolute Gasteiger partial charge is 0.381 e. The molecule has 5 aromatic rings. The Hall–Kier alpha value is -4.87. The van der Waals surface area contributed by atoms with E-state index in [1.165, 1.54) is 6.07 Å². The summed E-state index contributed by atoms with van der Waals surface area (Å²) < 4.78 is 2.03. The maximum absolute atomic E-state index is 11.8. The van der Waals surface area contributed by atoms with Crippen molar-refractivity contribution in [3.63, 3.8) is 0 Å². The molecule has 38 heavy (non-hydrogen) atoms. The van der Waals surface area contributed by atoms with Gasteiger partial charge in [-0.25, -0.2) is 0 Å². The first-order valence-corrected chi connectivity index (χ1v) is 12.4. The highest BCUT2D eigenvalue weighted by molar-refractivity contribution is 5.73. The van der Waals surface area contributed by atoms with Crippen molar-refractivity contribution in [2.75, 3.05) is 0 Å². The quantitative estimate of drug-likeness (QED) is 0.105. The van der Waals surface area contributed by atoms with Crippen molar-refractivity contribution < 1.29 is 14.6 Å². The van der Waals surface area contributed by atoms with Gasteiger partial charge >= 0.3 is 0 Å². The van der Waals surface area contributed by atoms with Crippen LogP contribution in [0.25, 0.3) is 33.6 Å². The Morgan fingerprint density at radius 1 is 0.684 bits per heavy atom. The van der Waals surface area contributed by atoms with Crippen molar-refractivity contribution in [2.24, 2.45) is 0 Å². The van der Waals surface area contributed by atoms with E-state index in [2.05, 4.69) is 30.8 Å². The molecule has 0 fully saturated rings. The molecular weight excluding hydrogens is 472 g/mol. The number of nitrogens with zero attached hydrogens (tertiary/aromatic N) is 2. The lowest BCUT2D eigenvalue weighted by Gasteiger charge is -2.21. The van der Waals surface area contributed by atoms with Gasteiger partial charge in [-0.05, 0) is 47.5 Å². The van der Waals surface area contributed by atoms with Crippen LogP contribution in [0.3, 0.4) is 0 Å². The van der Waals surface area contributed by atoms with Crippen LogP contribution in [0.15, 0.2) is 140 Å². The topological polar surface area (TPSA) is 67.2 Å². The summed E-state index contributed by atoms with van der Waals surface area (Å²) in [5, 5.41) is 23.5. The summed E-state index contributed by atoms with van der Waals surface area (Å²) in [4.78, 5) is 11.4. The fraction of sp³-hybridized carbons (Fsp3) is 0.0606. The lowest BCUT2D eigenvalue weighted by Crippen LogP contribution is -2.46. The first-order valence-electron chi connectivity index (χ1n) is 12.4. The maximum atomic E-state index is 11.8. The Labute approximate surface area is 221 Å². The average molecular weight is 500 g/mol. The number of aliphatic hydroxyl groups excluding tert-OH is 1. The molecule has 2 unspecified atom stereocenters. The average Bonchev–Trinajstić information content (AvgIpc) is 2.98. The summed E-state index contributed by atoms with van der Waals surface area (Å²) >= 11 is 0. The van der Waals surface area contributed by atoms with Crippen LogP contribution in [0.4, 0.5) is 5.69 Å². The molecule has 5 rings (SSSR count). The van der Waals surface area contributed by atoms with Gasteiger partial charge in [0.05, 0.1) is 10.5 Å². The highest BCUT2D eigenvalue weighted by Crippen LogP contribution is 2.36. The predicted molar refractivity (Wildman–Crippen MR) is 150 cm³/mol. The van der Waals surface area contributed by atoms with Gasteiger partial charge < -0.3 is 5.11 Å². The molecule has 186 valence electrons. The fourth-order valence-corrected chi connectivity index (χ4v) is 4.85. The maximum Gasteiger partial charge on any atom is 0.275 e. The van der Waals surface area contributed by atoms with Crippen LogP contribution in [0.1, 0.15) is 17.7 Å². The van der Waals surface area contributed by atoms with Crippen molar-refractivity contribution in [2.45, 2.75) is 12.1 Å². The molecule has 1 heterocycles. The van der Waals surface area contributed by atoms with E-state index in [0.717, 1.165) is 33.6 Å². The zero-order valence-electron chi connectivity index (χ0n) is 20.7. The smallest absolute Gasteiger partial charge is 0.275 e. The number of nitro groups is 1. The molecule has 0 saturated heterocycles. The Bertz CT molecular complexity index is 1510. The molecule has 1 N–H and O–H groups in total. The van der Waals surface area contributed by atoms with Gasteiger partial charge in [-0.1, -0.05) is 85.4 Å². The third-order valence-electron chi connectivity index (χ3n) is 6.66. The second-order valence-corrected chi connectivity index (χ2v) is 8.97. The molecule has 4 aromatic carbocycles. The van der Waals surface area contributed by atoms with Gasteiger partial charge in [0.1, 0.15) is 0 Å². The Morgan fingerprint density at radius 3 is 1.61 bits per heavy atom. The molecule has 5 nitrogen and oxygen atoms in total. The van der Waals surface area contributed by atoms with E-state index in [1.54, 1.807) is 24.3 Å². The zero-order chi connectivity index (χ0) is 26.5. The van der Waals surface area contributed by atoms with Crippen molar-refractivity contribution >= 4 is 5.69 Å². The van der Waals surface area contributed by atoms with E-state index in [0.29, 0.717) is 0 Å². The number of nitro benzene ring substituents is 1. The first kappa shape index (κ1) is 24.8. The number of benzene rings is 4. The first-order chi connectivity index (χ1) is 18.6. The molecule has 2 atom stereocenters.